The van der Waals surface area contributed by atoms with Crippen LogP contribution < -0.4 is 4.74 Å². The van der Waals surface area contributed by atoms with Gasteiger partial charge in [0.2, 0.25) is 0 Å². The molecule has 0 saturated carbocycles. The van der Waals surface area contributed by atoms with Crippen molar-refractivity contribution < 1.29 is 14.5 Å². The molecular weight excluding hydrogens is 322 g/mol. The lowest BCUT2D eigenvalue weighted by Gasteiger charge is -2.25. The predicted molar refractivity (Wildman–Crippen MR) is 91.4 cm³/mol. The highest BCUT2D eigenvalue weighted by molar-refractivity contribution is 5.99. The number of carbonyl (C=O) groups is 1. The van der Waals surface area contributed by atoms with E-state index in [4.69, 9.17) is 4.74 Å². The Morgan fingerprint density at radius 1 is 1.36 bits per heavy atom. The molecule has 1 saturated heterocycles. The highest BCUT2D eigenvalue weighted by Crippen LogP contribution is 2.38. The molecule has 0 spiro atoms. The van der Waals surface area contributed by atoms with Crippen molar-refractivity contribution in [3.8, 4) is 5.75 Å². The van der Waals surface area contributed by atoms with Crippen LogP contribution in [0.15, 0.2) is 42.7 Å². The van der Waals surface area contributed by atoms with Crippen LogP contribution in [0.4, 0.5) is 5.69 Å². The van der Waals surface area contributed by atoms with Gasteiger partial charge < -0.3 is 9.64 Å². The van der Waals surface area contributed by atoms with Crippen LogP contribution in [0.3, 0.4) is 0 Å². The van der Waals surface area contributed by atoms with Gasteiger partial charge in [0.1, 0.15) is 5.56 Å². The topological polar surface area (TPSA) is 85.6 Å². The molecule has 130 valence electrons. The Kier molecular flexibility index (Phi) is 4.65. The molecule has 0 bridgehead atoms. The zero-order valence-corrected chi connectivity index (χ0v) is 14.1. The Labute approximate surface area is 145 Å². The normalized spacial score (nSPS) is 19.7. The summed E-state index contributed by atoms with van der Waals surface area (Å²) in [5, 5.41) is 11.5. The number of nitro groups is 1. The standard InChI is InChI=1S/C18H19N3O4/c1-12-9-15(13-5-4-8-19-10-13)20(11-12)18(22)14-6-3-7-16(25-2)17(14)21(23)24/h3-8,10,12,15H,9,11H2,1-2H3/t12-,15+/m1/s1. The van der Waals surface area contributed by atoms with E-state index in [0.29, 0.717) is 12.5 Å². The number of rotatable bonds is 4. The number of benzene rings is 1. The van der Waals surface area contributed by atoms with Crippen LogP contribution in [-0.2, 0) is 0 Å². The lowest BCUT2D eigenvalue weighted by atomic mass is 10.0. The molecule has 1 fully saturated rings. The third-order valence-electron chi connectivity index (χ3n) is 4.47. The van der Waals surface area contributed by atoms with E-state index in [0.717, 1.165) is 12.0 Å². The van der Waals surface area contributed by atoms with Gasteiger partial charge >= 0.3 is 5.69 Å². The number of nitro benzene ring substituents is 1. The minimum atomic E-state index is -0.565. The first kappa shape index (κ1) is 16.9. The molecule has 7 heteroatoms. The molecule has 7 nitrogen and oxygen atoms in total. The third-order valence-corrected chi connectivity index (χ3v) is 4.47. The van der Waals surface area contributed by atoms with Gasteiger partial charge in [-0.1, -0.05) is 19.1 Å². The van der Waals surface area contributed by atoms with Crippen LogP contribution >= 0.6 is 0 Å². The van der Waals surface area contributed by atoms with Gasteiger partial charge in [-0.05, 0) is 36.1 Å². The maximum absolute atomic E-state index is 13.1. The number of likely N-dealkylation sites (tertiary alicyclic amines) is 1. The molecule has 1 aromatic carbocycles. The van der Waals surface area contributed by atoms with E-state index in [2.05, 4.69) is 11.9 Å². The van der Waals surface area contributed by atoms with Crippen molar-refractivity contribution in [2.24, 2.45) is 5.92 Å². The fourth-order valence-electron chi connectivity index (χ4n) is 3.36. The van der Waals surface area contributed by atoms with Crippen LogP contribution in [0.2, 0.25) is 0 Å². The smallest absolute Gasteiger partial charge is 0.323 e. The summed E-state index contributed by atoms with van der Waals surface area (Å²) in [5.74, 6) is 0.0312. The number of ether oxygens (including phenoxy) is 1. The lowest BCUT2D eigenvalue weighted by Crippen LogP contribution is -2.31. The van der Waals surface area contributed by atoms with Gasteiger partial charge in [-0.3, -0.25) is 19.9 Å². The van der Waals surface area contributed by atoms with Crippen molar-refractivity contribution >= 4 is 11.6 Å². The molecule has 25 heavy (non-hydrogen) atoms. The molecule has 1 aliphatic rings. The van der Waals surface area contributed by atoms with Gasteiger partial charge in [-0.2, -0.15) is 0 Å². The number of amides is 1. The molecule has 3 rings (SSSR count). The fourth-order valence-corrected chi connectivity index (χ4v) is 3.36. The largest absolute Gasteiger partial charge is 0.490 e. The Morgan fingerprint density at radius 2 is 2.16 bits per heavy atom. The summed E-state index contributed by atoms with van der Waals surface area (Å²) in [4.78, 5) is 29.9. The number of methoxy groups -OCH3 is 1. The van der Waals surface area contributed by atoms with E-state index in [-0.39, 0.29) is 28.9 Å². The second kappa shape index (κ2) is 6.88. The number of para-hydroxylation sites is 1. The van der Waals surface area contributed by atoms with Gasteiger partial charge in [0, 0.05) is 18.9 Å². The fraction of sp³-hybridized carbons (Fsp3) is 0.333. The van der Waals surface area contributed by atoms with Crippen molar-refractivity contribution in [2.75, 3.05) is 13.7 Å². The average Bonchev–Trinajstić information content (AvgIpc) is 3.02. The summed E-state index contributed by atoms with van der Waals surface area (Å²) in [6.07, 6.45) is 4.22. The molecule has 1 aromatic heterocycles. The number of carbonyl (C=O) groups excluding carboxylic acids is 1. The Bertz CT molecular complexity index is 794. The SMILES string of the molecule is COc1cccc(C(=O)N2C[C@H](C)C[C@H]2c2cccnc2)c1[N+](=O)[O-]. The number of hydrogen-bond acceptors (Lipinski definition) is 5. The van der Waals surface area contributed by atoms with Gasteiger partial charge in [-0.25, -0.2) is 0 Å². The van der Waals surface area contributed by atoms with E-state index in [9.17, 15) is 14.9 Å². The minimum absolute atomic E-state index is 0.0485. The monoisotopic (exact) mass is 341 g/mol. The second-order valence-electron chi connectivity index (χ2n) is 6.21. The van der Waals surface area contributed by atoms with Gasteiger partial charge in [0.05, 0.1) is 18.1 Å². The molecule has 2 aromatic rings. The first-order valence-electron chi connectivity index (χ1n) is 8.05. The molecule has 0 N–H and O–H groups in total. The molecule has 0 unspecified atom stereocenters. The Hall–Kier alpha value is -2.96. The first-order valence-corrected chi connectivity index (χ1v) is 8.05. The van der Waals surface area contributed by atoms with E-state index in [1.165, 1.54) is 19.2 Å². The summed E-state index contributed by atoms with van der Waals surface area (Å²) in [7, 11) is 1.35. The summed E-state index contributed by atoms with van der Waals surface area (Å²) in [6.45, 7) is 2.61. The molecule has 1 amide bonds. The number of pyridine rings is 1. The van der Waals surface area contributed by atoms with E-state index in [1.807, 2.05) is 12.1 Å². The molecule has 2 atom stereocenters. The van der Waals surface area contributed by atoms with E-state index < -0.39 is 4.92 Å². The number of nitrogens with zero attached hydrogens (tertiary/aromatic N) is 3. The quantitative estimate of drug-likeness (QED) is 0.629. The lowest BCUT2D eigenvalue weighted by molar-refractivity contribution is -0.386. The zero-order chi connectivity index (χ0) is 18.0. The Balaban J connectivity index is 2.01. The van der Waals surface area contributed by atoms with Gasteiger partial charge in [0.25, 0.3) is 5.91 Å². The molecule has 1 aliphatic heterocycles. The Morgan fingerprint density at radius 3 is 2.80 bits per heavy atom. The molecule has 2 heterocycles. The third kappa shape index (κ3) is 3.17. The highest BCUT2D eigenvalue weighted by atomic mass is 16.6. The first-order chi connectivity index (χ1) is 12.0. The van der Waals surface area contributed by atoms with E-state index in [1.54, 1.807) is 23.4 Å². The number of aromatic nitrogens is 1. The van der Waals surface area contributed by atoms with Crippen LogP contribution in [0.1, 0.15) is 35.3 Å². The maximum atomic E-state index is 13.1. The van der Waals surface area contributed by atoms with Gasteiger partial charge in [0.15, 0.2) is 5.75 Å². The number of hydrogen-bond donors (Lipinski definition) is 0. The van der Waals surface area contributed by atoms with Crippen LogP contribution in [0.25, 0.3) is 0 Å². The average molecular weight is 341 g/mol. The van der Waals surface area contributed by atoms with Crippen molar-refractivity contribution in [1.82, 2.24) is 9.88 Å². The molecular formula is C18H19N3O4. The van der Waals surface area contributed by atoms with Crippen molar-refractivity contribution in [2.45, 2.75) is 19.4 Å². The van der Waals surface area contributed by atoms with E-state index >= 15 is 0 Å². The van der Waals surface area contributed by atoms with Crippen LogP contribution in [0.5, 0.6) is 5.75 Å². The summed E-state index contributed by atoms with van der Waals surface area (Å²) >= 11 is 0. The van der Waals surface area contributed by atoms with Crippen LogP contribution in [0, 0.1) is 16.0 Å². The maximum Gasteiger partial charge on any atom is 0.323 e. The van der Waals surface area contributed by atoms with Crippen LogP contribution in [-0.4, -0.2) is 34.4 Å². The molecule has 0 radical (unpaired) electrons. The van der Waals surface area contributed by atoms with Crippen molar-refractivity contribution in [3.63, 3.8) is 0 Å². The summed E-state index contributed by atoms with van der Waals surface area (Å²) in [5.41, 5.74) is 0.692. The van der Waals surface area contributed by atoms with Crippen molar-refractivity contribution in [3.05, 3.63) is 64.0 Å². The predicted octanol–water partition coefficient (Wildman–Crippen LogP) is 3.22. The summed E-state index contributed by atoms with van der Waals surface area (Å²) in [6, 6.07) is 8.18. The van der Waals surface area contributed by atoms with Gasteiger partial charge in [-0.15, -0.1) is 0 Å². The summed E-state index contributed by atoms with van der Waals surface area (Å²) < 4.78 is 5.07. The minimum Gasteiger partial charge on any atom is -0.490 e. The molecule has 0 aliphatic carbocycles. The zero-order valence-electron chi connectivity index (χ0n) is 14.1. The van der Waals surface area contributed by atoms with Crippen molar-refractivity contribution in [1.29, 1.82) is 0 Å². The second-order valence-corrected chi connectivity index (χ2v) is 6.21. The highest BCUT2D eigenvalue weighted by Gasteiger charge is 2.37.